The molecule has 0 bridgehead atoms. The van der Waals surface area contributed by atoms with Gasteiger partial charge in [0, 0.05) is 18.0 Å². The Balaban J connectivity index is 2.31. The molecule has 0 radical (unpaired) electrons. The molecule has 0 amide bonds. The lowest BCUT2D eigenvalue weighted by Gasteiger charge is -2.28. The van der Waals surface area contributed by atoms with E-state index >= 15 is 0 Å². The minimum Gasteiger partial charge on any atom is -0.310 e. The zero-order chi connectivity index (χ0) is 10.4. The maximum atomic E-state index is 8.82. The predicted octanol–water partition coefficient (Wildman–Crippen LogP) is 1.96. The lowest BCUT2D eigenvalue weighted by Crippen LogP contribution is -2.39. The van der Waals surface area contributed by atoms with Crippen molar-refractivity contribution in [3.63, 3.8) is 0 Å². The molecule has 0 saturated heterocycles. The lowest BCUT2D eigenvalue weighted by molar-refractivity contribution is 0.307. The van der Waals surface area contributed by atoms with E-state index < -0.39 is 0 Å². The lowest BCUT2D eigenvalue weighted by atomic mass is 9.86. The van der Waals surface area contributed by atoms with Gasteiger partial charge in [-0.05, 0) is 26.2 Å². The highest BCUT2D eigenvalue weighted by Crippen LogP contribution is 2.23. The summed E-state index contributed by atoms with van der Waals surface area (Å²) in [6, 6.07) is 5.18. The Hall–Kier alpha value is -1.06. The van der Waals surface area contributed by atoms with E-state index in [2.05, 4.69) is 17.5 Å². The van der Waals surface area contributed by atoms with E-state index in [-0.39, 0.29) is 12.0 Å². The van der Waals surface area contributed by atoms with Crippen molar-refractivity contribution in [1.82, 2.24) is 5.32 Å². The molecule has 1 N–H and O–H groups in total. The van der Waals surface area contributed by atoms with Crippen LogP contribution >= 0.6 is 0 Å². The van der Waals surface area contributed by atoms with Gasteiger partial charge in [0.25, 0.3) is 0 Å². The van der Waals surface area contributed by atoms with Crippen molar-refractivity contribution in [2.24, 2.45) is 5.92 Å². The van der Waals surface area contributed by atoms with Gasteiger partial charge in [0.05, 0.1) is 18.6 Å². The second-order valence-corrected chi connectivity index (χ2v) is 4.12. The second kappa shape index (κ2) is 5.62. The molecule has 14 heavy (non-hydrogen) atoms. The first-order chi connectivity index (χ1) is 6.76. The Labute approximate surface area is 85.7 Å². The molecule has 0 aromatic heterocycles. The molecule has 3 unspecified atom stereocenters. The minimum atomic E-state index is 0.218. The van der Waals surface area contributed by atoms with E-state index in [4.69, 9.17) is 10.5 Å². The van der Waals surface area contributed by atoms with E-state index in [1.54, 1.807) is 0 Å². The third kappa shape index (κ3) is 3.36. The van der Waals surface area contributed by atoms with Gasteiger partial charge in [0.15, 0.2) is 0 Å². The van der Waals surface area contributed by atoms with Gasteiger partial charge in [-0.2, -0.15) is 10.5 Å². The van der Waals surface area contributed by atoms with Gasteiger partial charge in [-0.25, -0.2) is 0 Å². The van der Waals surface area contributed by atoms with Crippen LogP contribution in [0.1, 0.15) is 39.0 Å². The average molecular weight is 191 g/mol. The van der Waals surface area contributed by atoms with Crippen molar-refractivity contribution >= 4 is 0 Å². The number of hydrogen-bond donors (Lipinski definition) is 1. The summed E-state index contributed by atoms with van der Waals surface area (Å²) in [5.74, 6) is 0.218. The van der Waals surface area contributed by atoms with Crippen LogP contribution < -0.4 is 5.32 Å². The Morgan fingerprint density at radius 1 is 1.43 bits per heavy atom. The normalized spacial score (nSPS) is 28.8. The molecule has 0 aromatic rings. The first-order valence-corrected chi connectivity index (χ1v) is 5.29. The maximum absolute atomic E-state index is 8.82. The SMILES string of the molecule is CC(CC#N)NC1CCCC(C#N)C1. The van der Waals surface area contributed by atoms with Gasteiger partial charge in [0.1, 0.15) is 0 Å². The topological polar surface area (TPSA) is 59.6 Å². The zero-order valence-corrected chi connectivity index (χ0v) is 8.66. The van der Waals surface area contributed by atoms with Gasteiger partial charge < -0.3 is 5.32 Å². The van der Waals surface area contributed by atoms with Crippen LogP contribution in [0.4, 0.5) is 0 Å². The van der Waals surface area contributed by atoms with Crippen molar-refractivity contribution < 1.29 is 0 Å². The van der Waals surface area contributed by atoms with Crippen LogP contribution in [0.5, 0.6) is 0 Å². The van der Waals surface area contributed by atoms with Crippen LogP contribution in [0.2, 0.25) is 0 Å². The molecular formula is C11H17N3. The fraction of sp³-hybridized carbons (Fsp3) is 0.818. The minimum absolute atomic E-state index is 0.218. The Kier molecular flexibility index (Phi) is 4.43. The van der Waals surface area contributed by atoms with Crippen molar-refractivity contribution in [2.75, 3.05) is 0 Å². The van der Waals surface area contributed by atoms with Crippen molar-refractivity contribution in [1.29, 1.82) is 10.5 Å². The molecular weight excluding hydrogens is 174 g/mol. The molecule has 1 rings (SSSR count). The molecule has 0 heterocycles. The Morgan fingerprint density at radius 2 is 2.21 bits per heavy atom. The van der Waals surface area contributed by atoms with Crippen LogP contribution in [-0.2, 0) is 0 Å². The number of nitriles is 2. The first kappa shape index (κ1) is 11.0. The summed E-state index contributed by atoms with van der Waals surface area (Å²) in [5.41, 5.74) is 0. The monoisotopic (exact) mass is 191 g/mol. The van der Waals surface area contributed by atoms with E-state index in [0.29, 0.717) is 12.5 Å². The first-order valence-electron chi connectivity index (χ1n) is 5.29. The van der Waals surface area contributed by atoms with E-state index in [1.165, 1.54) is 0 Å². The summed E-state index contributed by atoms with van der Waals surface area (Å²) in [7, 11) is 0. The van der Waals surface area contributed by atoms with Crippen molar-refractivity contribution in [3.05, 3.63) is 0 Å². The Morgan fingerprint density at radius 3 is 2.86 bits per heavy atom. The molecule has 3 heteroatoms. The molecule has 0 aromatic carbocycles. The van der Waals surface area contributed by atoms with Crippen LogP contribution in [0.15, 0.2) is 0 Å². The van der Waals surface area contributed by atoms with Crippen molar-refractivity contribution in [3.8, 4) is 12.1 Å². The number of hydrogen-bond acceptors (Lipinski definition) is 3. The standard InChI is InChI=1S/C11H17N3/c1-9(5-6-12)14-11-4-2-3-10(7-11)8-13/h9-11,14H,2-5,7H2,1H3. The van der Waals surface area contributed by atoms with Crippen LogP contribution in [0.25, 0.3) is 0 Å². The smallest absolute Gasteiger partial charge is 0.0656 e. The fourth-order valence-electron chi connectivity index (χ4n) is 2.06. The average Bonchev–Trinajstić information content (AvgIpc) is 2.18. The molecule has 0 aliphatic heterocycles. The molecule has 1 saturated carbocycles. The molecule has 3 nitrogen and oxygen atoms in total. The van der Waals surface area contributed by atoms with Crippen LogP contribution in [0.3, 0.4) is 0 Å². The summed E-state index contributed by atoms with van der Waals surface area (Å²) in [6.45, 7) is 2.03. The zero-order valence-electron chi connectivity index (χ0n) is 8.66. The molecule has 1 fully saturated rings. The van der Waals surface area contributed by atoms with Gasteiger partial charge in [-0.15, -0.1) is 0 Å². The van der Waals surface area contributed by atoms with Gasteiger partial charge >= 0.3 is 0 Å². The predicted molar refractivity (Wildman–Crippen MR) is 54.2 cm³/mol. The highest BCUT2D eigenvalue weighted by Gasteiger charge is 2.22. The number of nitrogens with zero attached hydrogens (tertiary/aromatic N) is 2. The third-order valence-electron chi connectivity index (χ3n) is 2.77. The Bertz CT molecular complexity index is 248. The van der Waals surface area contributed by atoms with Gasteiger partial charge in [-0.3, -0.25) is 0 Å². The van der Waals surface area contributed by atoms with Crippen molar-refractivity contribution in [2.45, 2.75) is 51.1 Å². The summed E-state index contributed by atoms with van der Waals surface area (Å²) in [6.07, 6.45) is 4.82. The maximum Gasteiger partial charge on any atom is 0.0656 e. The third-order valence-corrected chi connectivity index (χ3v) is 2.77. The molecule has 1 aliphatic rings. The summed E-state index contributed by atoms with van der Waals surface area (Å²) in [4.78, 5) is 0. The highest BCUT2D eigenvalue weighted by atomic mass is 14.9. The molecule has 76 valence electrons. The second-order valence-electron chi connectivity index (χ2n) is 4.12. The summed E-state index contributed by atoms with van der Waals surface area (Å²) >= 11 is 0. The quantitative estimate of drug-likeness (QED) is 0.741. The van der Waals surface area contributed by atoms with E-state index in [1.807, 2.05) is 6.92 Å². The number of rotatable bonds is 3. The molecule has 0 spiro atoms. The van der Waals surface area contributed by atoms with Gasteiger partial charge in [0.2, 0.25) is 0 Å². The van der Waals surface area contributed by atoms with E-state index in [0.717, 1.165) is 25.7 Å². The molecule has 3 atom stereocenters. The summed E-state index contributed by atoms with van der Waals surface area (Å²) < 4.78 is 0. The highest BCUT2D eigenvalue weighted by molar-refractivity contribution is 4.91. The van der Waals surface area contributed by atoms with Crippen LogP contribution in [0, 0.1) is 28.6 Å². The largest absolute Gasteiger partial charge is 0.310 e. The molecule has 1 aliphatic carbocycles. The van der Waals surface area contributed by atoms with Crippen LogP contribution in [-0.4, -0.2) is 12.1 Å². The number of nitrogens with one attached hydrogen (secondary N) is 1. The summed E-state index contributed by atoms with van der Waals surface area (Å²) in [5, 5.41) is 20.7. The van der Waals surface area contributed by atoms with E-state index in [9.17, 15) is 0 Å². The fourth-order valence-corrected chi connectivity index (χ4v) is 2.06. The van der Waals surface area contributed by atoms with Gasteiger partial charge in [-0.1, -0.05) is 6.42 Å².